The Morgan fingerprint density at radius 3 is 3.25 bits per heavy atom. The van der Waals surface area contributed by atoms with Gasteiger partial charge < -0.3 is 9.47 Å². The standard InChI is InChI=1S/C4H6NO3/c6-3-8-4-5-1-2-7-4/h4-5H,1-2H2. The van der Waals surface area contributed by atoms with Crippen LogP contribution in [0.3, 0.4) is 0 Å². The maximum absolute atomic E-state index is 9.49. The van der Waals surface area contributed by atoms with E-state index in [2.05, 4.69) is 10.1 Å². The highest BCUT2D eigenvalue weighted by molar-refractivity contribution is 5.38. The quantitative estimate of drug-likeness (QED) is 0.501. The Kier molecular flexibility index (Phi) is 1.82. The average Bonchev–Trinajstić information content (AvgIpc) is 2.19. The van der Waals surface area contributed by atoms with E-state index in [0.29, 0.717) is 6.61 Å². The van der Waals surface area contributed by atoms with Crippen LogP contribution in [0.4, 0.5) is 0 Å². The first-order valence-electron chi connectivity index (χ1n) is 2.31. The number of hydrogen-bond acceptors (Lipinski definition) is 4. The molecule has 1 atom stereocenters. The van der Waals surface area contributed by atoms with Crippen molar-refractivity contribution in [1.82, 2.24) is 5.32 Å². The van der Waals surface area contributed by atoms with Gasteiger partial charge in [0.15, 0.2) is 0 Å². The van der Waals surface area contributed by atoms with Gasteiger partial charge in [-0.2, -0.15) is 0 Å². The van der Waals surface area contributed by atoms with Gasteiger partial charge in [-0.3, -0.25) is 5.32 Å². The summed E-state index contributed by atoms with van der Waals surface area (Å²) in [5.74, 6) is 0. The van der Waals surface area contributed by atoms with Crippen molar-refractivity contribution in [2.45, 2.75) is 6.41 Å². The van der Waals surface area contributed by atoms with Gasteiger partial charge in [-0.05, 0) is 0 Å². The van der Waals surface area contributed by atoms with Crippen LogP contribution in [0.5, 0.6) is 0 Å². The molecule has 0 aliphatic carbocycles. The third-order valence-electron chi connectivity index (χ3n) is 0.837. The van der Waals surface area contributed by atoms with Gasteiger partial charge in [-0.15, -0.1) is 0 Å². The molecule has 0 aromatic rings. The highest BCUT2D eigenvalue weighted by Crippen LogP contribution is 1.93. The predicted molar refractivity (Wildman–Crippen MR) is 24.5 cm³/mol. The molecule has 8 heavy (non-hydrogen) atoms. The molecule has 0 spiro atoms. The highest BCUT2D eigenvalue weighted by atomic mass is 16.7. The first kappa shape index (κ1) is 5.53. The van der Waals surface area contributed by atoms with Crippen molar-refractivity contribution in [2.75, 3.05) is 13.2 Å². The van der Waals surface area contributed by atoms with E-state index in [1.165, 1.54) is 6.47 Å². The van der Waals surface area contributed by atoms with Gasteiger partial charge >= 0.3 is 6.47 Å². The third-order valence-corrected chi connectivity index (χ3v) is 0.837. The molecule has 0 aromatic carbocycles. The third kappa shape index (κ3) is 1.18. The normalized spacial score (nSPS) is 27.8. The Morgan fingerprint density at radius 1 is 1.88 bits per heavy atom. The molecule has 1 N–H and O–H groups in total. The van der Waals surface area contributed by atoms with Crippen molar-refractivity contribution in [2.24, 2.45) is 0 Å². The van der Waals surface area contributed by atoms with Gasteiger partial charge in [0.05, 0.1) is 6.61 Å². The van der Waals surface area contributed by atoms with Crippen LogP contribution in [-0.2, 0) is 14.3 Å². The van der Waals surface area contributed by atoms with Crippen molar-refractivity contribution in [3.63, 3.8) is 0 Å². The summed E-state index contributed by atoms with van der Waals surface area (Å²) >= 11 is 0. The van der Waals surface area contributed by atoms with Crippen molar-refractivity contribution in [3.8, 4) is 0 Å². The average molecular weight is 116 g/mol. The summed E-state index contributed by atoms with van der Waals surface area (Å²) in [6, 6.07) is 0. The lowest BCUT2D eigenvalue weighted by atomic mass is 10.7. The Labute approximate surface area is 46.8 Å². The summed E-state index contributed by atoms with van der Waals surface area (Å²) in [6.07, 6.45) is -0.563. The second-order valence-corrected chi connectivity index (χ2v) is 1.36. The smallest absolute Gasteiger partial charge is 0.413 e. The van der Waals surface area contributed by atoms with Crippen LogP contribution < -0.4 is 5.32 Å². The Hall–Kier alpha value is -0.610. The van der Waals surface area contributed by atoms with E-state index in [4.69, 9.17) is 4.74 Å². The summed E-state index contributed by atoms with van der Waals surface area (Å²) in [5.41, 5.74) is 0. The number of rotatable bonds is 2. The Bertz CT molecular complexity index is 79.4. The minimum atomic E-state index is -0.563. The lowest BCUT2D eigenvalue weighted by Crippen LogP contribution is -2.24. The molecule has 1 rings (SSSR count). The molecule has 45 valence electrons. The molecular weight excluding hydrogens is 110 g/mol. The zero-order chi connectivity index (χ0) is 5.82. The van der Waals surface area contributed by atoms with E-state index in [9.17, 15) is 4.79 Å². The molecule has 1 aliphatic rings. The highest BCUT2D eigenvalue weighted by Gasteiger charge is 2.13. The van der Waals surface area contributed by atoms with Crippen molar-refractivity contribution in [1.29, 1.82) is 0 Å². The minimum Gasteiger partial charge on any atom is -0.413 e. The Morgan fingerprint density at radius 2 is 2.75 bits per heavy atom. The van der Waals surface area contributed by atoms with Crippen molar-refractivity contribution in [3.05, 3.63) is 0 Å². The van der Waals surface area contributed by atoms with Crippen LogP contribution in [0, 0.1) is 0 Å². The van der Waals surface area contributed by atoms with Crippen LogP contribution in [0.25, 0.3) is 0 Å². The van der Waals surface area contributed by atoms with Crippen LogP contribution in [-0.4, -0.2) is 26.0 Å². The summed E-state index contributed by atoms with van der Waals surface area (Å²) in [5, 5.41) is 2.75. The number of ether oxygens (including phenoxy) is 2. The molecule has 0 bridgehead atoms. The first-order chi connectivity index (χ1) is 3.93. The zero-order valence-electron chi connectivity index (χ0n) is 4.22. The first-order valence-corrected chi connectivity index (χ1v) is 2.31. The fourth-order valence-corrected chi connectivity index (χ4v) is 0.521. The lowest BCUT2D eigenvalue weighted by Gasteiger charge is -2.03. The lowest BCUT2D eigenvalue weighted by molar-refractivity contribution is -0.0620. The fourth-order valence-electron chi connectivity index (χ4n) is 0.521. The summed E-state index contributed by atoms with van der Waals surface area (Å²) in [4.78, 5) is 9.49. The van der Waals surface area contributed by atoms with E-state index in [1.54, 1.807) is 0 Å². The van der Waals surface area contributed by atoms with E-state index in [1.807, 2.05) is 0 Å². The maximum atomic E-state index is 9.49. The van der Waals surface area contributed by atoms with Crippen LogP contribution in [0.2, 0.25) is 0 Å². The molecule has 1 saturated heterocycles. The molecule has 0 amide bonds. The number of hydrogen-bond donors (Lipinski definition) is 1. The van der Waals surface area contributed by atoms with Gasteiger partial charge in [-0.1, -0.05) is 0 Å². The van der Waals surface area contributed by atoms with Crippen LogP contribution in [0.1, 0.15) is 0 Å². The van der Waals surface area contributed by atoms with Crippen LogP contribution in [0.15, 0.2) is 0 Å². The maximum Gasteiger partial charge on any atom is 0.420 e. The second kappa shape index (κ2) is 2.64. The topological polar surface area (TPSA) is 47.6 Å². The molecule has 4 nitrogen and oxygen atoms in total. The van der Waals surface area contributed by atoms with E-state index < -0.39 is 6.41 Å². The number of carbonyl (C=O) groups excluding carboxylic acids is 1. The Balaban J connectivity index is 2.14. The molecule has 1 radical (unpaired) electrons. The summed E-state index contributed by atoms with van der Waals surface area (Å²) < 4.78 is 9.06. The number of nitrogens with one attached hydrogen (secondary N) is 1. The van der Waals surface area contributed by atoms with E-state index in [-0.39, 0.29) is 0 Å². The van der Waals surface area contributed by atoms with E-state index in [0.717, 1.165) is 6.54 Å². The largest absolute Gasteiger partial charge is 0.420 e. The minimum absolute atomic E-state index is 0.563. The van der Waals surface area contributed by atoms with E-state index >= 15 is 0 Å². The molecule has 1 fully saturated rings. The van der Waals surface area contributed by atoms with Crippen molar-refractivity contribution < 1.29 is 14.3 Å². The van der Waals surface area contributed by atoms with Gasteiger partial charge in [0, 0.05) is 6.54 Å². The van der Waals surface area contributed by atoms with Gasteiger partial charge in [0.1, 0.15) is 0 Å². The molecule has 0 aromatic heterocycles. The zero-order valence-corrected chi connectivity index (χ0v) is 4.22. The molecule has 1 heterocycles. The molecule has 4 heteroatoms. The van der Waals surface area contributed by atoms with Gasteiger partial charge in [0.2, 0.25) is 0 Å². The SMILES string of the molecule is O=[C]OC1NCCO1. The summed E-state index contributed by atoms with van der Waals surface area (Å²) in [6.45, 7) is 2.59. The molecule has 0 saturated carbocycles. The van der Waals surface area contributed by atoms with Crippen molar-refractivity contribution >= 4 is 6.47 Å². The second-order valence-electron chi connectivity index (χ2n) is 1.36. The monoisotopic (exact) mass is 116 g/mol. The fraction of sp³-hybridized carbons (Fsp3) is 0.750. The van der Waals surface area contributed by atoms with Gasteiger partial charge in [0.25, 0.3) is 6.41 Å². The summed E-state index contributed by atoms with van der Waals surface area (Å²) in [7, 11) is 0. The molecular formula is C4H6NO3. The predicted octanol–water partition coefficient (Wildman–Crippen LogP) is -1.03. The molecule has 1 unspecified atom stereocenters. The molecule has 1 aliphatic heterocycles. The van der Waals surface area contributed by atoms with Crippen LogP contribution >= 0.6 is 0 Å². The van der Waals surface area contributed by atoms with Gasteiger partial charge in [-0.25, -0.2) is 4.79 Å².